The molecular formula is C16H20N2O3. The zero-order valence-corrected chi connectivity index (χ0v) is 12.1. The van der Waals surface area contributed by atoms with Crippen LogP contribution in [0.4, 0.5) is 5.82 Å². The highest BCUT2D eigenvalue weighted by Crippen LogP contribution is 2.13. The number of hydrogen-bond donors (Lipinski definition) is 1. The second kappa shape index (κ2) is 8.24. The van der Waals surface area contributed by atoms with E-state index in [0.717, 1.165) is 16.9 Å². The number of aromatic nitrogens is 1. The van der Waals surface area contributed by atoms with Gasteiger partial charge in [0.15, 0.2) is 0 Å². The molecular weight excluding hydrogens is 268 g/mol. The van der Waals surface area contributed by atoms with Crippen molar-refractivity contribution in [1.82, 2.24) is 4.98 Å². The molecule has 2 rings (SSSR count). The summed E-state index contributed by atoms with van der Waals surface area (Å²) in [5, 5.41) is 0. The lowest BCUT2D eigenvalue weighted by Gasteiger charge is -2.07. The van der Waals surface area contributed by atoms with Gasteiger partial charge in [-0.05, 0) is 29.3 Å². The third kappa shape index (κ3) is 5.41. The minimum Gasteiger partial charge on any atom is -0.497 e. The van der Waals surface area contributed by atoms with Gasteiger partial charge in [0.1, 0.15) is 11.6 Å². The Balaban J connectivity index is 1.60. The van der Waals surface area contributed by atoms with Crippen molar-refractivity contribution in [3.8, 4) is 5.75 Å². The number of rotatable bonds is 8. The number of nitrogen functional groups attached to an aromatic ring is 1. The maximum atomic E-state index is 5.56. The maximum Gasteiger partial charge on any atom is 0.123 e. The monoisotopic (exact) mass is 288 g/mol. The van der Waals surface area contributed by atoms with Crippen LogP contribution in [0.2, 0.25) is 0 Å². The number of nitrogens with two attached hydrogens (primary N) is 1. The van der Waals surface area contributed by atoms with Gasteiger partial charge < -0.3 is 19.9 Å². The van der Waals surface area contributed by atoms with Crippen LogP contribution in [0.25, 0.3) is 0 Å². The van der Waals surface area contributed by atoms with Crippen LogP contribution in [-0.2, 0) is 22.7 Å². The van der Waals surface area contributed by atoms with Crippen LogP contribution in [0.15, 0.2) is 42.6 Å². The van der Waals surface area contributed by atoms with Gasteiger partial charge in [0.05, 0.1) is 33.5 Å². The Hall–Kier alpha value is -2.11. The first-order chi connectivity index (χ1) is 10.3. The topological polar surface area (TPSA) is 66.6 Å². The Labute approximate surface area is 124 Å². The smallest absolute Gasteiger partial charge is 0.123 e. The van der Waals surface area contributed by atoms with Crippen molar-refractivity contribution in [1.29, 1.82) is 0 Å². The van der Waals surface area contributed by atoms with Crippen molar-refractivity contribution in [2.24, 2.45) is 0 Å². The first-order valence-corrected chi connectivity index (χ1v) is 6.77. The molecule has 1 heterocycles. The summed E-state index contributed by atoms with van der Waals surface area (Å²) < 4.78 is 16.2. The van der Waals surface area contributed by atoms with Gasteiger partial charge in [-0.15, -0.1) is 0 Å². The quantitative estimate of drug-likeness (QED) is 0.756. The molecule has 0 amide bonds. The van der Waals surface area contributed by atoms with Crippen LogP contribution in [0.5, 0.6) is 5.75 Å². The predicted octanol–water partition coefficient (Wildman–Crippen LogP) is 2.41. The van der Waals surface area contributed by atoms with Crippen LogP contribution in [0.3, 0.4) is 0 Å². The molecule has 0 bridgehead atoms. The highest BCUT2D eigenvalue weighted by atomic mass is 16.5. The third-order valence-corrected chi connectivity index (χ3v) is 2.89. The van der Waals surface area contributed by atoms with Gasteiger partial charge in [-0.2, -0.15) is 0 Å². The second-order valence-electron chi connectivity index (χ2n) is 4.55. The Kier molecular flexibility index (Phi) is 5.99. The normalized spacial score (nSPS) is 10.5. The van der Waals surface area contributed by atoms with E-state index in [1.807, 2.05) is 30.3 Å². The molecule has 0 aliphatic heterocycles. The molecule has 0 saturated heterocycles. The molecule has 0 radical (unpaired) electrons. The first-order valence-electron chi connectivity index (χ1n) is 6.77. The molecule has 0 fully saturated rings. The summed E-state index contributed by atoms with van der Waals surface area (Å²) in [7, 11) is 1.65. The Morgan fingerprint density at radius 2 is 1.76 bits per heavy atom. The summed E-state index contributed by atoms with van der Waals surface area (Å²) in [5.41, 5.74) is 7.59. The average Bonchev–Trinajstić information content (AvgIpc) is 2.52. The maximum absolute atomic E-state index is 5.56. The van der Waals surface area contributed by atoms with E-state index in [-0.39, 0.29) is 0 Å². The van der Waals surface area contributed by atoms with Gasteiger partial charge in [-0.25, -0.2) is 4.98 Å². The lowest BCUT2D eigenvalue weighted by Crippen LogP contribution is -2.05. The van der Waals surface area contributed by atoms with Gasteiger partial charge >= 0.3 is 0 Å². The van der Waals surface area contributed by atoms with Crippen LogP contribution in [0, 0.1) is 0 Å². The van der Waals surface area contributed by atoms with Gasteiger partial charge in [-0.3, -0.25) is 0 Å². The molecule has 2 N–H and O–H groups in total. The van der Waals surface area contributed by atoms with Crippen LogP contribution in [-0.4, -0.2) is 25.3 Å². The van der Waals surface area contributed by atoms with Gasteiger partial charge in [0.25, 0.3) is 0 Å². The molecule has 5 nitrogen and oxygen atoms in total. The summed E-state index contributed by atoms with van der Waals surface area (Å²) in [6, 6.07) is 11.5. The van der Waals surface area contributed by atoms with Crippen molar-refractivity contribution in [2.75, 3.05) is 26.1 Å². The molecule has 0 atom stereocenters. The highest BCUT2D eigenvalue weighted by molar-refractivity contribution is 5.29. The molecule has 21 heavy (non-hydrogen) atoms. The molecule has 1 aromatic heterocycles. The lowest BCUT2D eigenvalue weighted by atomic mass is 10.2. The summed E-state index contributed by atoms with van der Waals surface area (Å²) >= 11 is 0. The van der Waals surface area contributed by atoms with Gasteiger partial charge in [0.2, 0.25) is 0 Å². The zero-order valence-electron chi connectivity index (χ0n) is 12.1. The highest BCUT2D eigenvalue weighted by Gasteiger charge is 1.97. The van der Waals surface area contributed by atoms with E-state index in [9.17, 15) is 0 Å². The number of benzene rings is 1. The van der Waals surface area contributed by atoms with E-state index < -0.39 is 0 Å². The second-order valence-corrected chi connectivity index (χ2v) is 4.55. The minimum absolute atomic E-state index is 0.510. The molecule has 0 saturated carbocycles. The Morgan fingerprint density at radius 3 is 2.43 bits per heavy atom. The first kappa shape index (κ1) is 15.3. The van der Waals surface area contributed by atoms with Crippen LogP contribution < -0.4 is 10.5 Å². The number of ether oxygens (including phenoxy) is 3. The largest absolute Gasteiger partial charge is 0.497 e. The molecule has 1 aromatic carbocycles. The SMILES string of the molecule is COc1cccc(COCCOCc2ccc(N)nc2)c1. The molecule has 0 unspecified atom stereocenters. The summed E-state index contributed by atoms with van der Waals surface area (Å²) in [6.45, 7) is 2.13. The summed E-state index contributed by atoms with van der Waals surface area (Å²) in [4.78, 5) is 4.00. The standard InChI is InChI=1S/C16H20N2O3/c1-19-15-4-2-3-13(9-15)11-20-7-8-21-12-14-5-6-16(17)18-10-14/h2-6,9-10H,7-8,11-12H2,1H3,(H2,17,18). The summed E-state index contributed by atoms with van der Waals surface area (Å²) in [5.74, 6) is 1.35. The van der Waals surface area contributed by atoms with E-state index in [2.05, 4.69) is 4.98 Å². The van der Waals surface area contributed by atoms with Crippen molar-refractivity contribution >= 4 is 5.82 Å². The van der Waals surface area contributed by atoms with E-state index in [0.29, 0.717) is 32.2 Å². The molecule has 2 aromatic rings. The molecule has 0 aliphatic rings. The van der Waals surface area contributed by atoms with E-state index in [1.54, 1.807) is 19.4 Å². The molecule has 0 aliphatic carbocycles. The number of nitrogens with zero attached hydrogens (tertiary/aromatic N) is 1. The van der Waals surface area contributed by atoms with E-state index in [4.69, 9.17) is 19.9 Å². The number of hydrogen-bond acceptors (Lipinski definition) is 5. The van der Waals surface area contributed by atoms with Gasteiger partial charge in [-0.1, -0.05) is 18.2 Å². The van der Waals surface area contributed by atoms with Crippen molar-refractivity contribution < 1.29 is 14.2 Å². The van der Waals surface area contributed by atoms with E-state index >= 15 is 0 Å². The average molecular weight is 288 g/mol. The lowest BCUT2D eigenvalue weighted by molar-refractivity contribution is 0.0338. The fourth-order valence-corrected chi connectivity index (χ4v) is 1.78. The number of anilines is 1. The van der Waals surface area contributed by atoms with Crippen molar-refractivity contribution in [2.45, 2.75) is 13.2 Å². The molecule has 5 heteroatoms. The minimum atomic E-state index is 0.510. The third-order valence-electron chi connectivity index (χ3n) is 2.89. The fourth-order valence-electron chi connectivity index (χ4n) is 1.78. The number of methoxy groups -OCH3 is 1. The predicted molar refractivity (Wildman–Crippen MR) is 81.0 cm³/mol. The van der Waals surface area contributed by atoms with Crippen LogP contribution in [0.1, 0.15) is 11.1 Å². The molecule has 0 spiro atoms. The summed E-state index contributed by atoms with van der Waals surface area (Å²) in [6.07, 6.45) is 1.71. The molecule has 112 valence electrons. The Bertz CT molecular complexity index is 543. The van der Waals surface area contributed by atoms with Crippen molar-refractivity contribution in [3.05, 3.63) is 53.7 Å². The van der Waals surface area contributed by atoms with E-state index in [1.165, 1.54) is 0 Å². The zero-order chi connectivity index (χ0) is 14.9. The number of pyridine rings is 1. The van der Waals surface area contributed by atoms with Crippen molar-refractivity contribution in [3.63, 3.8) is 0 Å². The van der Waals surface area contributed by atoms with Crippen LogP contribution >= 0.6 is 0 Å². The van der Waals surface area contributed by atoms with Gasteiger partial charge in [0, 0.05) is 6.20 Å². The Morgan fingerprint density at radius 1 is 1.00 bits per heavy atom. The fraction of sp³-hybridized carbons (Fsp3) is 0.312.